The zero-order valence-electron chi connectivity index (χ0n) is 26.8. The Hall–Kier alpha value is -1.71. The maximum Gasteiger partial charge on any atom is 0.160 e. The SMILES string of the molecule is CCCCCCCCCCCCCCCCCCCCCCC1c2cc(Br)ccc2-c2ccc(-c3ccsc3C=O)cc21. The zero-order valence-corrected chi connectivity index (χ0v) is 29.2. The van der Waals surface area contributed by atoms with E-state index in [1.54, 1.807) is 0 Å². The van der Waals surface area contributed by atoms with E-state index in [0.717, 1.165) is 21.2 Å². The zero-order chi connectivity index (χ0) is 30.1. The van der Waals surface area contributed by atoms with Gasteiger partial charge in [-0.2, -0.15) is 0 Å². The third kappa shape index (κ3) is 10.7. The third-order valence-electron chi connectivity index (χ3n) is 9.57. The van der Waals surface area contributed by atoms with E-state index in [1.165, 1.54) is 174 Å². The topological polar surface area (TPSA) is 17.1 Å². The van der Waals surface area contributed by atoms with Crippen LogP contribution >= 0.6 is 27.3 Å². The van der Waals surface area contributed by atoms with Crippen molar-refractivity contribution in [3.05, 3.63) is 68.3 Å². The lowest BCUT2D eigenvalue weighted by Gasteiger charge is -2.15. The van der Waals surface area contributed by atoms with Crippen LogP contribution in [-0.4, -0.2) is 6.29 Å². The van der Waals surface area contributed by atoms with E-state index in [1.807, 2.05) is 5.38 Å². The van der Waals surface area contributed by atoms with Crippen LogP contribution in [0.4, 0.5) is 0 Å². The fraction of sp³-hybridized carbons (Fsp3) is 0.575. The minimum absolute atomic E-state index is 0.441. The predicted octanol–water partition coefficient (Wildman–Crippen LogP) is 14.3. The summed E-state index contributed by atoms with van der Waals surface area (Å²) in [7, 11) is 0. The number of benzene rings is 2. The maximum absolute atomic E-state index is 11.6. The van der Waals surface area contributed by atoms with E-state index >= 15 is 0 Å². The van der Waals surface area contributed by atoms with E-state index in [0.29, 0.717) is 5.92 Å². The minimum Gasteiger partial charge on any atom is -0.297 e. The Labute approximate surface area is 275 Å². The average Bonchev–Trinajstić information content (AvgIpc) is 3.62. The van der Waals surface area contributed by atoms with Crippen molar-refractivity contribution in [2.24, 2.45) is 0 Å². The van der Waals surface area contributed by atoms with Crippen LogP contribution in [0.25, 0.3) is 22.3 Å². The van der Waals surface area contributed by atoms with Crippen molar-refractivity contribution in [2.75, 3.05) is 0 Å². The predicted molar refractivity (Wildman–Crippen MR) is 193 cm³/mol. The van der Waals surface area contributed by atoms with Gasteiger partial charge in [0.05, 0.1) is 4.88 Å². The van der Waals surface area contributed by atoms with Crippen LogP contribution in [0.1, 0.15) is 168 Å². The van der Waals surface area contributed by atoms with Gasteiger partial charge in [0.15, 0.2) is 6.29 Å². The second-order valence-corrected chi connectivity index (χ2v) is 14.8. The van der Waals surface area contributed by atoms with Gasteiger partial charge >= 0.3 is 0 Å². The molecule has 4 rings (SSSR count). The summed E-state index contributed by atoms with van der Waals surface area (Å²) in [5, 5.41) is 2.02. The first kappa shape index (κ1) is 34.2. The molecular weight excluding hydrogens is 608 g/mol. The van der Waals surface area contributed by atoms with Gasteiger partial charge in [-0.3, -0.25) is 4.79 Å². The second-order valence-electron chi connectivity index (χ2n) is 12.9. The van der Waals surface area contributed by atoms with Gasteiger partial charge in [-0.25, -0.2) is 0 Å². The lowest BCUT2D eigenvalue weighted by atomic mass is 9.89. The fourth-order valence-electron chi connectivity index (χ4n) is 7.06. The van der Waals surface area contributed by atoms with E-state index < -0.39 is 0 Å². The molecule has 1 aliphatic rings. The van der Waals surface area contributed by atoms with E-state index in [2.05, 4.69) is 65.3 Å². The van der Waals surface area contributed by atoms with E-state index in [4.69, 9.17) is 0 Å². The molecule has 2 aromatic carbocycles. The van der Waals surface area contributed by atoms with Crippen molar-refractivity contribution in [3.63, 3.8) is 0 Å². The summed E-state index contributed by atoms with van der Waals surface area (Å²) in [5.74, 6) is 0.441. The minimum atomic E-state index is 0.441. The van der Waals surface area contributed by atoms with Crippen molar-refractivity contribution in [3.8, 4) is 22.3 Å². The van der Waals surface area contributed by atoms with Gasteiger partial charge < -0.3 is 0 Å². The van der Waals surface area contributed by atoms with E-state index in [-0.39, 0.29) is 0 Å². The van der Waals surface area contributed by atoms with Gasteiger partial charge in [-0.05, 0) is 63.9 Å². The molecule has 0 radical (unpaired) electrons. The first-order valence-electron chi connectivity index (χ1n) is 17.7. The standard InChI is InChI=1S/C40H55BrOS/c1-2-3-4-5-6-7-8-9-10-11-12-13-14-15-16-17-18-19-20-21-22-35-38-29-32(34-27-28-43-40(34)31-42)23-25-36(38)37-26-24-33(41)30-39(35)37/h23-31,35H,2-22H2,1H3. The number of hydrogen-bond acceptors (Lipinski definition) is 2. The van der Waals surface area contributed by atoms with Gasteiger partial charge in [0.2, 0.25) is 0 Å². The molecule has 234 valence electrons. The monoisotopic (exact) mass is 662 g/mol. The first-order valence-corrected chi connectivity index (χ1v) is 19.4. The number of carbonyl (C=O) groups excluding carboxylic acids is 1. The summed E-state index contributed by atoms with van der Waals surface area (Å²) in [6.07, 6.45) is 30.6. The Balaban J connectivity index is 1.08. The molecule has 3 aromatic rings. The number of rotatable bonds is 23. The first-order chi connectivity index (χ1) is 21.2. The molecular formula is C40H55BrOS. The van der Waals surface area contributed by atoms with Crippen molar-refractivity contribution in [2.45, 2.75) is 148 Å². The molecule has 1 nitrogen and oxygen atoms in total. The van der Waals surface area contributed by atoms with Gasteiger partial charge in [-0.1, -0.05) is 169 Å². The third-order valence-corrected chi connectivity index (χ3v) is 10.9. The van der Waals surface area contributed by atoms with Crippen LogP contribution in [0.2, 0.25) is 0 Å². The highest BCUT2D eigenvalue weighted by Crippen LogP contribution is 2.49. The highest BCUT2D eigenvalue weighted by atomic mass is 79.9. The summed E-state index contributed by atoms with van der Waals surface area (Å²) >= 11 is 5.25. The Morgan fingerprint density at radius 1 is 0.605 bits per heavy atom. The second kappa shape index (κ2) is 19.6. The lowest BCUT2D eigenvalue weighted by molar-refractivity contribution is 0.112. The van der Waals surface area contributed by atoms with Crippen LogP contribution in [0, 0.1) is 0 Å². The molecule has 0 aliphatic heterocycles. The lowest BCUT2D eigenvalue weighted by Crippen LogP contribution is -1.98. The molecule has 43 heavy (non-hydrogen) atoms. The number of halogens is 1. The molecule has 1 unspecified atom stereocenters. The summed E-state index contributed by atoms with van der Waals surface area (Å²) < 4.78 is 1.16. The molecule has 0 fully saturated rings. The maximum atomic E-state index is 11.6. The number of fused-ring (bicyclic) bond motifs is 3. The highest BCUT2D eigenvalue weighted by molar-refractivity contribution is 9.10. The van der Waals surface area contributed by atoms with Crippen LogP contribution in [0.5, 0.6) is 0 Å². The smallest absolute Gasteiger partial charge is 0.160 e. The van der Waals surface area contributed by atoms with Crippen molar-refractivity contribution in [1.82, 2.24) is 0 Å². The molecule has 0 amide bonds. The summed E-state index contributed by atoms with van der Waals surface area (Å²) in [4.78, 5) is 12.4. The van der Waals surface area contributed by atoms with Crippen LogP contribution < -0.4 is 0 Å². The van der Waals surface area contributed by atoms with E-state index in [9.17, 15) is 4.79 Å². The molecule has 0 saturated carbocycles. The summed E-state index contributed by atoms with van der Waals surface area (Å²) in [6.45, 7) is 2.30. The van der Waals surface area contributed by atoms with Gasteiger partial charge in [0.1, 0.15) is 0 Å². The largest absolute Gasteiger partial charge is 0.297 e. The van der Waals surface area contributed by atoms with Crippen LogP contribution in [0.3, 0.4) is 0 Å². The molecule has 0 bridgehead atoms. The Morgan fingerprint density at radius 3 is 1.63 bits per heavy atom. The Kier molecular flexibility index (Phi) is 15.6. The van der Waals surface area contributed by atoms with Crippen molar-refractivity contribution < 1.29 is 4.79 Å². The molecule has 0 N–H and O–H groups in total. The molecule has 1 atom stereocenters. The quantitative estimate of drug-likeness (QED) is 0.0729. The molecule has 1 aliphatic carbocycles. The Morgan fingerprint density at radius 2 is 1.09 bits per heavy atom. The van der Waals surface area contributed by atoms with Gasteiger partial charge in [0, 0.05) is 16.0 Å². The fourth-order valence-corrected chi connectivity index (χ4v) is 8.16. The molecule has 1 heterocycles. The summed E-state index contributed by atoms with van der Waals surface area (Å²) in [6, 6.07) is 15.7. The average molecular weight is 664 g/mol. The normalized spacial score (nSPS) is 13.8. The van der Waals surface area contributed by atoms with Crippen LogP contribution in [-0.2, 0) is 0 Å². The van der Waals surface area contributed by atoms with Gasteiger partial charge in [0.25, 0.3) is 0 Å². The van der Waals surface area contributed by atoms with Crippen molar-refractivity contribution in [1.29, 1.82) is 0 Å². The molecule has 3 heteroatoms. The summed E-state index contributed by atoms with van der Waals surface area (Å²) in [5.41, 5.74) is 7.88. The number of carbonyl (C=O) groups is 1. The van der Waals surface area contributed by atoms with Gasteiger partial charge in [-0.15, -0.1) is 11.3 Å². The molecule has 0 saturated heterocycles. The highest BCUT2D eigenvalue weighted by Gasteiger charge is 2.29. The molecule has 1 aromatic heterocycles. The Bertz CT molecular complexity index is 1230. The number of hydrogen-bond donors (Lipinski definition) is 0. The van der Waals surface area contributed by atoms with Crippen molar-refractivity contribution >= 4 is 33.6 Å². The number of unbranched alkanes of at least 4 members (excludes halogenated alkanes) is 19. The number of aldehydes is 1. The number of thiophene rings is 1. The molecule has 0 spiro atoms. The van der Waals surface area contributed by atoms with Crippen LogP contribution in [0.15, 0.2) is 52.3 Å².